The first kappa shape index (κ1) is 31.3. The Hall–Kier alpha value is -1.71. The number of halogens is 1. The van der Waals surface area contributed by atoms with Crippen LogP contribution in [0.3, 0.4) is 0 Å². The zero-order valence-electron chi connectivity index (χ0n) is 20.3. The van der Waals surface area contributed by atoms with Gasteiger partial charge in [0.05, 0.1) is 24.8 Å². The highest BCUT2D eigenvalue weighted by Gasteiger charge is 2.23. The van der Waals surface area contributed by atoms with Crippen molar-refractivity contribution < 1.29 is 24.2 Å². The predicted octanol–water partition coefficient (Wildman–Crippen LogP) is 2.17. The maximum Gasteiger partial charge on any atom is 0.255 e. The number of amides is 1. The number of methoxy groups -OCH3 is 1. The molecule has 0 aliphatic rings. The van der Waals surface area contributed by atoms with Gasteiger partial charge in [-0.2, -0.15) is 0 Å². The van der Waals surface area contributed by atoms with Gasteiger partial charge in [0.2, 0.25) is 0 Å². The van der Waals surface area contributed by atoms with E-state index >= 15 is 0 Å². The number of para-hydroxylation sites is 1. The van der Waals surface area contributed by atoms with E-state index in [1.807, 2.05) is 12.1 Å². The molecule has 3 unspecified atom stereocenters. The van der Waals surface area contributed by atoms with Gasteiger partial charge in [-0.05, 0) is 50.2 Å². The number of carbonyl (C=O) groups is 2. The number of carbonyl (C=O) groups excluding carboxylic acids is 2. The van der Waals surface area contributed by atoms with Gasteiger partial charge in [-0.3, -0.25) is 9.59 Å². The normalized spacial score (nSPS) is 13.7. The van der Waals surface area contributed by atoms with Crippen LogP contribution in [0.4, 0.5) is 0 Å². The highest BCUT2D eigenvalue weighted by atomic mass is 35.5. The molecule has 1 aromatic carbocycles. The van der Waals surface area contributed by atoms with E-state index in [1.54, 1.807) is 19.2 Å². The predicted molar refractivity (Wildman–Crippen MR) is 133 cm³/mol. The first-order chi connectivity index (χ1) is 15.3. The highest BCUT2D eigenvalue weighted by molar-refractivity contribution is 5.96. The summed E-state index contributed by atoms with van der Waals surface area (Å²) in [6.45, 7) is 7.75. The van der Waals surface area contributed by atoms with Crippen LogP contribution in [0, 0.1) is 11.8 Å². The summed E-state index contributed by atoms with van der Waals surface area (Å²) >= 11 is 0. The third kappa shape index (κ3) is 12.9. The Morgan fingerprint density at radius 2 is 1.79 bits per heavy atom. The second-order valence-corrected chi connectivity index (χ2v) is 8.56. The minimum atomic E-state index is -0.765. The van der Waals surface area contributed by atoms with Crippen LogP contribution in [0.15, 0.2) is 24.3 Å². The molecular weight excluding hydrogens is 446 g/mol. The van der Waals surface area contributed by atoms with Crippen LogP contribution in [0.5, 0.6) is 5.75 Å². The molecule has 1 aromatic rings. The summed E-state index contributed by atoms with van der Waals surface area (Å²) in [5, 5.41) is 16.2. The van der Waals surface area contributed by atoms with Crippen LogP contribution in [0.2, 0.25) is 0 Å². The number of ketones is 1. The molecule has 0 aliphatic carbocycles. The van der Waals surface area contributed by atoms with Gasteiger partial charge in [-0.15, -0.1) is 12.4 Å². The summed E-state index contributed by atoms with van der Waals surface area (Å²) in [5.74, 6) is 0.741. The fraction of sp³-hybridized carbons (Fsp3) is 0.667. The maximum atomic E-state index is 12.8. The quantitative estimate of drug-likeness (QED) is 0.248. The first-order valence-electron chi connectivity index (χ1n) is 11.4. The number of nitrogens with two attached hydrogens (primary N) is 1. The molecule has 8 nitrogen and oxygen atoms in total. The number of aliphatic hydroxyl groups excluding tert-OH is 1. The number of unbranched alkanes of at least 4 members (excludes halogenated alkanes) is 1. The van der Waals surface area contributed by atoms with Gasteiger partial charge < -0.3 is 30.9 Å². The van der Waals surface area contributed by atoms with Crippen molar-refractivity contribution in [3.05, 3.63) is 29.8 Å². The van der Waals surface area contributed by atoms with Crippen LogP contribution >= 0.6 is 12.4 Å². The van der Waals surface area contributed by atoms with E-state index in [4.69, 9.17) is 15.2 Å². The van der Waals surface area contributed by atoms with Crippen molar-refractivity contribution in [1.29, 1.82) is 0 Å². The minimum absolute atomic E-state index is 0. The lowest BCUT2D eigenvalue weighted by Crippen LogP contribution is -2.45. The van der Waals surface area contributed by atoms with Gasteiger partial charge >= 0.3 is 0 Å². The van der Waals surface area contributed by atoms with Gasteiger partial charge in [-0.25, -0.2) is 0 Å². The van der Waals surface area contributed by atoms with Crippen LogP contribution in [0.25, 0.3) is 0 Å². The number of Topliss-reactive ketones (excluding diaryl/α,β-unsaturated/α-hetero) is 1. The van der Waals surface area contributed by atoms with Crippen molar-refractivity contribution in [2.24, 2.45) is 17.6 Å². The molecule has 1 rings (SSSR count). The molecule has 190 valence electrons. The van der Waals surface area contributed by atoms with E-state index in [2.05, 4.69) is 24.5 Å². The summed E-state index contributed by atoms with van der Waals surface area (Å²) in [6.07, 6.45) is 1.54. The third-order valence-electron chi connectivity index (χ3n) is 5.40. The van der Waals surface area contributed by atoms with Gasteiger partial charge in [0, 0.05) is 32.8 Å². The monoisotopic (exact) mass is 487 g/mol. The number of aliphatic hydroxyl groups is 1. The number of rotatable bonds is 17. The van der Waals surface area contributed by atoms with Crippen LogP contribution < -0.4 is 21.1 Å². The molecule has 33 heavy (non-hydrogen) atoms. The zero-order chi connectivity index (χ0) is 23.9. The van der Waals surface area contributed by atoms with Crippen molar-refractivity contribution in [1.82, 2.24) is 10.6 Å². The SMILES string of the molecule is COCCCCOc1ccccc1C(=O)NCC(CC(N)C(O)CNCC(C)=O)C(C)C.Cl. The number of hydrogen-bond donors (Lipinski definition) is 4. The Balaban J connectivity index is 0.0000102. The van der Waals surface area contributed by atoms with Gasteiger partial charge in [0.1, 0.15) is 11.5 Å². The molecule has 0 heterocycles. The van der Waals surface area contributed by atoms with Crippen molar-refractivity contribution in [2.75, 3.05) is 40.0 Å². The van der Waals surface area contributed by atoms with Crippen molar-refractivity contribution in [2.45, 2.75) is 52.2 Å². The summed E-state index contributed by atoms with van der Waals surface area (Å²) in [6, 6.07) is 6.75. The second-order valence-electron chi connectivity index (χ2n) is 8.56. The molecule has 3 atom stereocenters. The molecule has 5 N–H and O–H groups in total. The molecular formula is C24H42ClN3O5. The van der Waals surface area contributed by atoms with Crippen LogP contribution in [-0.4, -0.2) is 68.9 Å². The maximum absolute atomic E-state index is 12.8. The summed E-state index contributed by atoms with van der Waals surface area (Å²) in [5.41, 5.74) is 6.69. The Morgan fingerprint density at radius 3 is 2.42 bits per heavy atom. The standard InChI is InChI=1S/C24H41N3O5.ClH/c1-17(2)19(13-21(25)22(29)16-26-14-18(3)28)15-27-24(30)20-9-5-6-10-23(20)32-12-8-7-11-31-4;/h5-6,9-10,17,19,21-22,26,29H,7-8,11-16,25H2,1-4H3,(H,27,30);1H. The number of nitrogens with one attached hydrogen (secondary N) is 2. The van der Waals surface area contributed by atoms with Crippen molar-refractivity contribution >= 4 is 24.1 Å². The number of benzene rings is 1. The molecule has 0 saturated heterocycles. The number of hydrogen-bond acceptors (Lipinski definition) is 7. The Morgan fingerprint density at radius 1 is 1.12 bits per heavy atom. The largest absolute Gasteiger partial charge is 0.493 e. The van der Waals surface area contributed by atoms with E-state index in [-0.39, 0.29) is 49.0 Å². The van der Waals surface area contributed by atoms with Gasteiger partial charge in [-0.1, -0.05) is 26.0 Å². The topological polar surface area (TPSA) is 123 Å². The molecule has 0 aromatic heterocycles. The van der Waals surface area contributed by atoms with E-state index < -0.39 is 12.1 Å². The van der Waals surface area contributed by atoms with E-state index in [9.17, 15) is 14.7 Å². The highest BCUT2D eigenvalue weighted by Crippen LogP contribution is 2.20. The minimum Gasteiger partial charge on any atom is -0.493 e. The molecule has 0 radical (unpaired) electrons. The van der Waals surface area contributed by atoms with E-state index in [0.717, 1.165) is 12.8 Å². The van der Waals surface area contributed by atoms with Crippen LogP contribution in [0.1, 0.15) is 50.4 Å². The third-order valence-corrected chi connectivity index (χ3v) is 5.40. The summed E-state index contributed by atoms with van der Waals surface area (Å²) in [7, 11) is 1.67. The Bertz CT molecular complexity index is 690. The molecule has 0 saturated carbocycles. The molecule has 1 amide bonds. The van der Waals surface area contributed by atoms with Gasteiger partial charge in [0.15, 0.2) is 0 Å². The molecule has 9 heteroatoms. The summed E-state index contributed by atoms with van der Waals surface area (Å²) in [4.78, 5) is 23.8. The number of ether oxygens (including phenoxy) is 2. The molecule has 0 spiro atoms. The average Bonchev–Trinajstić information content (AvgIpc) is 2.75. The summed E-state index contributed by atoms with van der Waals surface area (Å²) < 4.78 is 10.8. The van der Waals surface area contributed by atoms with E-state index in [0.29, 0.717) is 37.5 Å². The van der Waals surface area contributed by atoms with Crippen LogP contribution in [-0.2, 0) is 9.53 Å². The fourth-order valence-corrected chi connectivity index (χ4v) is 3.28. The first-order valence-corrected chi connectivity index (χ1v) is 11.4. The lowest BCUT2D eigenvalue weighted by atomic mass is 9.87. The molecule has 0 aliphatic heterocycles. The molecule has 0 bridgehead atoms. The zero-order valence-corrected chi connectivity index (χ0v) is 21.2. The average molecular weight is 488 g/mol. The van der Waals surface area contributed by atoms with Crippen molar-refractivity contribution in [3.63, 3.8) is 0 Å². The smallest absolute Gasteiger partial charge is 0.255 e. The Labute approximate surface area is 204 Å². The molecule has 0 fully saturated rings. The Kier molecular flexibility index (Phi) is 16.8. The van der Waals surface area contributed by atoms with Crippen molar-refractivity contribution in [3.8, 4) is 5.75 Å². The van der Waals surface area contributed by atoms with Gasteiger partial charge in [0.25, 0.3) is 5.91 Å². The van der Waals surface area contributed by atoms with E-state index in [1.165, 1.54) is 6.92 Å². The second kappa shape index (κ2) is 17.7. The fourth-order valence-electron chi connectivity index (χ4n) is 3.28. The lowest BCUT2D eigenvalue weighted by Gasteiger charge is -2.27. The lowest BCUT2D eigenvalue weighted by molar-refractivity contribution is -0.116.